The zero-order chi connectivity index (χ0) is 12.8. The molecule has 2 heterocycles. The summed E-state index contributed by atoms with van der Waals surface area (Å²) >= 11 is 0. The predicted octanol–water partition coefficient (Wildman–Crippen LogP) is 2.84. The van der Waals surface area contributed by atoms with Crippen LogP contribution in [0.4, 0.5) is 0 Å². The van der Waals surface area contributed by atoms with Crippen LogP contribution in [0.25, 0.3) is 11.5 Å². The molecule has 4 rings (SSSR count). The van der Waals surface area contributed by atoms with Crippen LogP contribution >= 0.6 is 0 Å². The molecule has 2 fully saturated rings. The molecule has 3 unspecified atom stereocenters. The highest BCUT2D eigenvalue weighted by Gasteiger charge is 2.42. The van der Waals surface area contributed by atoms with Gasteiger partial charge in [-0.1, -0.05) is 11.6 Å². The monoisotopic (exact) mass is 254 g/mol. The summed E-state index contributed by atoms with van der Waals surface area (Å²) in [5.41, 5.74) is 1.30. The summed E-state index contributed by atoms with van der Waals surface area (Å²) in [6.45, 7) is 0. The van der Waals surface area contributed by atoms with Crippen molar-refractivity contribution < 1.29 is 4.52 Å². The molecular weight excluding hydrogens is 240 g/mol. The van der Waals surface area contributed by atoms with Crippen molar-refractivity contribution in [2.45, 2.75) is 31.6 Å². The molecule has 0 saturated heterocycles. The summed E-state index contributed by atoms with van der Waals surface area (Å²) in [6, 6.07) is 3.79. The normalized spacial score (nSPS) is 28.7. The van der Waals surface area contributed by atoms with E-state index in [0.29, 0.717) is 17.5 Å². The standard InChI is InChI=1S/C14H14N4O/c15-6-11-5-10(7-16-11)14-17-13(18-19-14)12-4-8-1-2-9(12)3-8/h5,7-9,12,16H,1-4H2. The first-order valence-corrected chi connectivity index (χ1v) is 6.76. The molecule has 2 aromatic rings. The van der Waals surface area contributed by atoms with Crippen LogP contribution in [0.3, 0.4) is 0 Å². The molecule has 2 aliphatic carbocycles. The van der Waals surface area contributed by atoms with Gasteiger partial charge in [-0.3, -0.25) is 0 Å². The number of H-pyrrole nitrogens is 1. The molecular formula is C14H14N4O. The third-order valence-electron chi connectivity index (χ3n) is 4.56. The van der Waals surface area contributed by atoms with Gasteiger partial charge in [0.15, 0.2) is 5.82 Å². The number of rotatable bonds is 2. The molecule has 2 aliphatic rings. The minimum Gasteiger partial charge on any atom is -0.352 e. The van der Waals surface area contributed by atoms with Gasteiger partial charge < -0.3 is 9.51 Å². The number of hydrogen-bond donors (Lipinski definition) is 1. The van der Waals surface area contributed by atoms with Gasteiger partial charge in [-0.25, -0.2) is 0 Å². The maximum absolute atomic E-state index is 8.80. The summed E-state index contributed by atoms with van der Waals surface area (Å²) < 4.78 is 5.34. The van der Waals surface area contributed by atoms with Crippen LogP contribution in [0.1, 0.15) is 43.1 Å². The van der Waals surface area contributed by atoms with Gasteiger partial charge in [0, 0.05) is 12.1 Å². The second kappa shape index (κ2) is 3.95. The zero-order valence-electron chi connectivity index (χ0n) is 10.5. The molecule has 0 spiro atoms. The first-order chi connectivity index (χ1) is 9.33. The first-order valence-electron chi connectivity index (χ1n) is 6.76. The molecule has 5 heteroatoms. The van der Waals surface area contributed by atoms with Crippen LogP contribution in [0, 0.1) is 23.2 Å². The van der Waals surface area contributed by atoms with Crippen LogP contribution in [0.5, 0.6) is 0 Å². The largest absolute Gasteiger partial charge is 0.352 e. The summed E-state index contributed by atoms with van der Waals surface area (Å²) in [4.78, 5) is 7.39. The lowest BCUT2D eigenvalue weighted by atomic mass is 9.88. The summed E-state index contributed by atoms with van der Waals surface area (Å²) in [5.74, 6) is 3.45. The molecule has 2 aromatic heterocycles. The van der Waals surface area contributed by atoms with Gasteiger partial charge in [0.1, 0.15) is 11.8 Å². The Hall–Kier alpha value is -2.09. The van der Waals surface area contributed by atoms with Crippen LogP contribution in [0.15, 0.2) is 16.8 Å². The van der Waals surface area contributed by atoms with E-state index in [0.717, 1.165) is 23.2 Å². The number of hydrogen-bond acceptors (Lipinski definition) is 4. The van der Waals surface area contributed by atoms with Gasteiger partial charge in [0.25, 0.3) is 5.89 Å². The Bertz CT molecular complexity index is 650. The molecule has 19 heavy (non-hydrogen) atoms. The summed E-state index contributed by atoms with van der Waals surface area (Å²) in [5, 5.41) is 12.9. The summed E-state index contributed by atoms with van der Waals surface area (Å²) in [7, 11) is 0. The van der Waals surface area contributed by atoms with Crippen molar-refractivity contribution in [3.05, 3.63) is 23.8 Å². The average Bonchev–Trinajstić information content (AvgIpc) is 3.19. The van der Waals surface area contributed by atoms with E-state index >= 15 is 0 Å². The highest BCUT2D eigenvalue weighted by Crippen LogP contribution is 2.52. The average molecular weight is 254 g/mol. The van der Waals surface area contributed by atoms with Gasteiger partial charge in [-0.2, -0.15) is 10.2 Å². The minimum atomic E-state index is 0.477. The Kier molecular flexibility index (Phi) is 2.25. The fourth-order valence-corrected chi connectivity index (χ4v) is 3.65. The number of fused-ring (bicyclic) bond motifs is 2. The van der Waals surface area contributed by atoms with Gasteiger partial charge in [0.05, 0.1) is 5.56 Å². The van der Waals surface area contributed by atoms with Crippen molar-refractivity contribution in [2.24, 2.45) is 11.8 Å². The number of aromatic amines is 1. The molecule has 2 bridgehead atoms. The topological polar surface area (TPSA) is 78.5 Å². The smallest absolute Gasteiger partial charge is 0.259 e. The molecule has 0 aromatic carbocycles. The predicted molar refractivity (Wildman–Crippen MR) is 67.0 cm³/mol. The molecule has 0 radical (unpaired) electrons. The first kappa shape index (κ1) is 10.8. The number of nitrogens with one attached hydrogen (secondary N) is 1. The number of aromatic nitrogens is 3. The minimum absolute atomic E-state index is 0.477. The van der Waals surface area contributed by atoms with Crippen LogP contribution in [0.2, 0.25) is 0 Å². The van der Waals surface area contributed by atoms with E-state index in [4.69, 9.17) is 9.78 Å². The molecule has 5 nitrogen and oxygen atoms in total. The van der Waals surface area contributed by atoms with E-state index in [-0.39, 0.29) is 0 Å². The maximum Gasteiger partial charge on any atom is 0.259 e. The lowest BCUT2D eigenvalue weighted by molar-refractivity contribution is 0.372. The SMILES string of the molecule is N#Cc1cc(-c2nc(C3CC4CCC3C4)no2)c[nH]1. The van der Waals surface area contributed by atoms with Crippen molar-refractivity contribution in [3.8, 4) is 17.5 Å². The second-order valence-electron chi connectivity index (χ2n) is 5.65. The van der Waals surface area contributed by atoms with E-state index in [1.54, 1.807) is 12.3 Å². The van der Waals surface area contributed by atoms with E-state index in [1.165, 1.54) is 25.7 Å². The van der Waals surface area contributed by atoms with Crippen molar-refractivity contribution in [1.29, 1.82) is 5.26 Å². The van der Waals surface area contributed by atoms with Crippen molar-refractivity contribution in [3.63, 3.8) is 0 Å². The number of nitrogens with zero attached hydrogens (tertiary/aromatic N) is 3. The number of nitriles is 1. The van der Waals surface area contributed by atoms with Crippen molar-refractivity contribution >= 4 is 0 Å². The molecule has 1 N–H and O–H groups in total. The van der Waals surface area contributed by atoms with Crippen LogP contribution in [-0.2, 0) is 0 Å². The quantitative estimate of drug-likeness (QED) is 0.893. The highest BCUT2D eigenvalue weighted by molar-refractivity contribution is 5.54. The van der Waals surface area contributed by atoms with Gasteiger partial charge in [0.2, 0.25) is 0 Å². The van der Waals surface area contributed by atoms with Crippen LogP contribution < -0.4 is 0 Å². The molecule has 0 amide bonds. The Balaban J connectivity index is 1.61. The maximum atomic E-state index is 8.80. The Morgan fingerprint density at radius 2 is 2.32 bits per heavy atom. The third kappa shape index (κ3) is 1.67. The fraction of sp³-hybridized carbons (Fsp3) is 0.500. The lowest BCUT2D eigenvalue weighted by Crippen LogP contribution is -2.09. The summed E-state index contributed by atoms with van der Waals surface area (Å²) in [6.07, 6.45) is 6.95. The second-order valence-corrected chi connectivity index (χ2v) is 5.65. The van der Waals surface area contributed by atoms with E-state index < -0.39 is 0 Å². The molecule has 3 atom stereocenters. The lowest BCUT2D eigenvalue weighted by Gasteiger charge is -2.17. The van der Waals surface area contributed by atoms with Crippen molar-refractivity contribution in [1.82, 2.24) is 15.1 Å². The van der Waals surface area contributed by atoms with Gasteiger partial charge in [-0.05, 0) is 37.2 Å². The zero-order valence-corrected chi connectivity index (χ0v) is 10.5. The Labute approximate surface area is 110 Å². The van der Waals surface area contributed by atoms with E-state index in [9.17, 15) is 0 Å². The van der Waals surface area contributed by atoms with Gasteiger partial charge >= 0.3 is 0 Å². The molecule has 2 saturated carbocycles. The Morgan fingerprint density at radius 3 is 3.00 bits per heavy atom. The van der Waals surface area contributed by atoms with E-state index in [2.05, 4.69) is 21.2 Å². The van der Waals surface area contributed by atoms with Crippen LogP contribution in [-0.4, -0.2) is 15.1 Å². The highest BCUT2D eigenvalue weighted by atomic mass is 16.5. The van der Waals surface area contributed by atoms with Gasteiger partial charge in [-0.15, -0.1) is 0 Å². The Morgan fingerprint density at radius 1 is 1.37 bits per heavy atom. The molecule has 96 valence electrons. The third-order valence-corrected chi connectivity index (χ3v) is 4.56. The van der Waals surface area contributed by atoms with E-state index in [1.807, 2.05) is 0 Å². The van der Waals surface area contributed by atoms with Crippen molar-refractivity contribution in [2.75, 3.05) is 0 Å². The fourth-order valence-electron chi connectivity index (χ4n) is 3.65. The molecule has 0 aliphatic heterocycles.